The maximum absolute atomic E-state index is 13.1. The van der Waals surface area contributed by atoms with E-state index in [0.717, 1.165) is 66.8 Å². The maximum Gasteiger partial charge on any atom is 0.393 e. The number of carbonyl (C=O) groups excluding carboxylic acids is 1. The minimum atomic E-state index is -4.27. The molecule has 0 radical (unpaired) electrons. The number of hydrogen-bond acceptors (Lipinski definition) is 8. The quantitative estimate of drug-likeness (QED) is 0.244. The number of nitriles is 1. The smallest absolute Gasteiger partial charge is 0.367 e. The van der Waals surface area contributed by atoms with E-state index in [-0.39, 0.29) is 22.9 Å². The lowest BCUT2D eigenvalue weighted by atomic mass is 10.0. The van der Waals surface area contributed by atoms with Gasteiger partial charge < -0.3 is 14.8 Å². The van der Waals surface area contributed by atoms with E-state index in [4.69, 9.17) is 0 Å². The van der Waals surface area contributed by atoms with Gasteiger partial charge in [0.25, 0.3) is 0 Å². The summed E-state index contributed by atoms with van der Waals surface area (Å²) in [6, 6.07) is 10.3. The van der Waals surface area contributed by atoms with Crippen molar-refractivity contribution in [1.82, 2.24) is 29.2 Å². The molecule has 2 aliphatic heterocycles. The number of anilines is 1. The zero-order valence-corrected chi connectivity index (χ0v) is 28.1. The molecule has 1 atom stereocenters. The lowest BCUT2D eigenvalue weighted by molar-refractivity contribution is -0.138. The number of nitrogens with zero attached hydrogens (tertiary/aromatic N) is 7. The van der Waals surface area contributed by atoms with E-state index >= 15 is 0 Å². The van der Waals surface area contributed by atoms with E-state index in [2.05, 4.69) is 52.2 Å². The number of thiophene rings is 1. The molecule has 0 saturated carbocycles. The van der Waals surface area contributed by atoms with Crippen LogP contribution >= 0.6 is 11.3 Å². The van der Waals surface area contributed by atoms with Gasteiger partial charge in [-0.15, -0.1) is 11.3 Å². The molecular formula is C34H41F3N8OS. The van der Waals surface area contributed by atoms with Gasteiger partial charge in [0.05, 0.1) is 18.4 Å². The molecule has 0 unspecified atom stereocenters. The number of fused-ring (bicyclic) bond motifs is 2. The molecule has 6 rings (SSSR count). The first-order valence-electron chi connectivity index (χ1n) is 16.3. The minimum absolute atomic E-state index is 0.0255. The monoisotopic (exact) mass is 666 g/mol. The van der Waals surface area contributed by atoms with Gasteiger partial charge in [0.15, 0.2) is 0 Å². The molecule has 3 aromatic heterocycles. The van der Waals surface area contributed by atoms with Crippen LogP contribution in [0.3, 0.4) is 0 Å². The number of amides is 1. The number of rotatable bonds is 9. The van der Waals surface area contributed by atoms with E-state index in [1.807, 2.05) is 34.4 Å². The van der Waals surface area contributed by atoms with Gasteiger partial charge in [-0.05, 0) is 63.1 Å². The summed E-state index contributed by atoms with van der Waals surface area (Å²) in [4.78, 5) is 29.1. The number of aryl methyl sites for hydroxylation is 2. The summed E-state index contributed by atoms with van der Waals surface area (Å²) in [5.41, 5.74) is 3.98. The van der Waals surface area contributed by atoms with Crippen LogP contribution in [0, 0.1) is 18.3 Å². The van der Waals surface area contributed by atoms with Crippen molar-refractivity contribution in [3.8, 4) is 6.07 Å². The number of nitrogens with one attached hydrogen (secondary N) is 1. The van der Waals surface area contributed by atoms with Crippen molar-refractivity contribution >= 4 is 44.2 Å². The van der Waals surface area contributed by atoms with Crippen molar-refractivity contribution in [3.63, 3.8) is 0 Å². The van der Waals surface area contributed by atoms with Crippen molar-refractivity contribution in [2.24, 2.45) is 0 Å². The summed E-state index contributed by atoms with van der Waals surface area (Å²) >= 11 is 1.09. The third-order valence-corrected chi connectivity index (χ3v) is 10.5. The summed E-state index contributed by atoms with van der Waals surface area (Å²) in [5, 5.41) is 15.3. The third kappa shape index (κ3) is 7.24. The van der Waals surface area contributed by atoms with Crippen molar-refractivity contribution in [2.75, 3.05) is 45.1 Å². The average Bonchev–Trinajstić information content (AvgIpc) is 3.59. The average molecular weight is 667 g/mol. The highest BCUT2D eigenvalue weighted by atomic mass is 32.1. The van der Waals surface area contributed by atoms with Crippen LogP contribution in [0.2, 0.25) is 0 Å². The topological polar surface area (TPSA) is 93.3 Å². The van der Waals surface area contributed by atoms with Crippen molar-refractivity contribution < 1.29 is 18.0 Å². The standard InChI is InChI=1S/C34H41F3N8OS/c1-5-30-40-32(28-15-26(16-34(35,36)37)47-33(28)41-30)39-24-8-10-43(11-9-24)19-23-6-7-29-27(22(23)3)14-25(17-38)45(29)18-21(2)44-13-12-42(4)20-31(44)46/h6-7,14-15,21,24H,5,8-13,16,18-20H2,1-4H3,(H,39,40,41)/t21-/m0/s1. The van der Waals surface area contributed by atoms with Crippen LogP contribution in [0.1, 0.15) is 54.2 Å². The Morgan fingerprint density at radius 3 is 2.57 bits per heavy atom. The molecule has 0 aliphatic carbocycles. The Hall–Kier alpha value is -3.73. The third-order valence-electron chi connectivity index (χ3n) is 9.51. The molecule has 5 heterocycles. The fraction of sp³-hybridized carbons (Fsp3) is 0.529. The predicted molar refractivity (Wildman–Crippen MR) is 179 cm³/mol. The Morgan fingerprint density at radius 2 is 1.89 bits per heavy atom. The fourth-order valence-corrected chi connectivity index (χ4v) is 7.93. The highest BCUT2D eigenvalue weighted by Gasteiger charge is 2.30. The SMILES string of the molecule is CCc1nc(NC2CCN(Cc3ccc4c(cc(C#N)n4C[C@H](C)N4CCN(C)CC4=O)c3C)CC2)c2cc(CC(F)(F)F)sc2n1. The normalized spacial score (nSPS) is 17.9. The number of piperidine rings is 1. The number of benzene rings is 1. The molecule has 13 heteroatoms. The first kappa shape index (κ1) is 33.2. The molecule has 1 N–H and O–H groups in total. The van der Waals surface area contributed by atoms with E-state index in [1.54, 1.807) is 6.07 Å². The number of hydrogen-bond donors (Lipinski definition) is 1. The number of likely N-dealkylation sites (N-methyl/N-ethyl adjacent to an activating group) is 1. The Kier molecular flexibility index (Phi) is 9.47. The molecule has 47 heavy (non-hydrogen) atoms. The summed E-state index contributed by atoms with van der Waals surface area (Å²) in [6.07, 6.45) is -2.86. The second-order valence-corrected chi connectivity index (χ2v) is 14.1. The van der Waals surface area contributed by atoms with Crippen LogP contribution in [0.25, 0.3) is 21.1 Å². The van der Waals surface area contributed by atoms with Crippen LogP contribution in [-0.4, -0.2) is 93.2 Å². The minimum Gasteiger partial charge on any atom is -0.367 e. The summed E-state index contributed by atoms with van der Waals surface area (Å²) in [6.45, 7) is 11.2. The van der Waals surface area contributed by atoms with Crippen molar-refractivity contribution in [2.45, 2.75) is 77.8 Å². The number of aromatic nitrogens is 3. The van der Waals surface area contributed by atoms with Crippen molar-refractivity contribution in [1.29, 1.82) is 5.26 Å². The van der Waals surface area contributed by atoms with E-state index in [9.17, 15) is 23.2 Å². The Balaban J connectivity index is 1.12. The predicted octanol–water partition coefficient (Wildman–Crippen LogP) is 5.73. The van der Waals surface area contributed by atoms with Crippen LogP contribution in [0.4, 0.5) is 19.0 Å². The number of likely N-dealkylation sites (tertiary alicyclic amines) is 1. The Morgan fingerprint density at radius 1 is 1.13 bits per heavy atom. The van der Waals surface area contributed by atoms with Crippen LogP contribution in [0.15, 0.2) is 24.3 Å². The summed E-state index contributed by atoms with van der Waals surface area (Å²) in [5.74, 6) is 1.37. The van der Waals surface area contributed by atoms with Crippen LogP contribution in [0.5, 0.6) is 0 Å². The van der Waals surface area contributed by atoms with E-state index in [0.29, 0.717) is 53.6 Å². The lowest BCUT2D eigenvalue weighted by Crippen LogP contribution is -2.53. The zero-order valence-electron chi connectivity index (χ0n) is 27.3. The lowest BCUT2D eigenvalue weighted by Gasteiger charge is -2.36. The van der Waals surface area contributed by atoms with Gasteiger partial charge in [0, 0.05) is 73.6 Å². The molecule has 0 bridgehead atoms. The van der Waals surface area contributed by atoms with Gasteiger partial charge in [-0.3, -0.25) is 14.6 Å². The van der Waals surface area contributed by atoms with E-state index < -0.39 is 12.6 Å². The number of alkyl halides is 3. The van der Waals surface area contributed by atoms with Gasteiger partial charge in [0.1, 0.15) is 28.2 Å². The first-order valence-corrected chi connectivity index (χ1v) is 17.1. The maximum atomic E-state index is 13.1. The highest BCUT2D eigenvalue weighted by Crippen LogP contribution is 2.34. The molecule has 1 amide bonds. The first-order chi connectivity index (χ1) is 22.4. The Labute approximate surface area is 277 Å². The molecule has 2 fully saturated rings. The van der Waals surface area contributed by atoms with Gasteiger partial charge >= 0.3 is 6.18 Å². The fourth-order valence-electron chi connectivity index (χ4n) is 6.85. The largest absolute Gasteiger partial charge is 0.393 e. The van der Waals surface area contributed by atoms with Gasteiger partial charge in [-0.2, -0.15) is 18.4 Å². The molecular weight excluding hydrogens is 625 g/mol. The molecule has 2 aliphatic rings. The Bertz CT molecular complexity index is 1820. The summed E-state index contributed by atoms with van der Waals surface area (Å²) < 4.78 is 41.3. The van der Waals surface area contributed by atoms with Crippen LogP contribution < -0.4 is 5.32 Å². The molecule has 4 aromatic rings. The molecule has 2 saturated heterocycles. The molecule has 9 nitrogen and oxygen atoms in total. The van der Waals surface area contributed by atoms with E-state index in [1.165, 1.54) is 5.56 Å². The summed E-state index contributed by atoms with van der Waals surface area (Å²) in [7, 11) is 1.96. The highest BCUT2D eigenvalue weighted by molar-refractivity contribution is 7.18. The molecule has 1 aromatic carbocycles. The zero-order chi connectivity index (χ0) is 33.5. The second-order valence-electron chi connectivity index (χ2n) is 13.0. The molecule has 250 valence electrons. The number of carbonyl (C=O) groups is 1. The van der Waals surface area contributed by atoms with Gasteiger partial charge in [-0.25, -0.2) is 9.97 Å². The van der Waals surface area contributed by atoms with Gasteiger partial charge in [-0.1, -0.05) is 13.0 Å². The number of piperazine rings is 1. The van der Waals surface area contributed by atoms with Crippen LogP contribution in [-0.2, 0) is 30.7 Å². The van der Waals surface area contributed by atoms with Gasteiger partial charge in [0.2, 0.25) is 5.91 Å². The molecule has 0 spiro atoms. The van der Waals surface area contributed by atoms with Crippen molar-refractivity contribution in [3.05, 3.63) is 51.8 Å². The number of halogens is 3. The second kappa shape index (κ2) is 13.4.